The molecule has 0 fully saturated rings. The predicted molar refractivity (Wildman–Crippen MR) is 175 cm³/mol. The van der Waals surface area contributed by atoms with E-state index >= 15 is 0 Å². The molecule has 0 amide bonds. The van der Waals surface area contributed by atoms with Gasteiger partial charge in [0.05, 0.1) is 0 Å². The zero-order valence-corrected chi connectivity index (χ0v) is 23.0. The van der Waals surface area contributed by atoms with Crippen LogP contribution in [0.15, 0.2) is 170 Å². The number of anilines is 3. The number of fused-ring (bicyclic) bond motifs is 1. The van der Waals surface area contributed by atoms with Gasteiger partial charge in [-0.15, -0.1) is 0 Å². The lowest BCUT2D eigenvalue weighted by Crippen LogP contribution is -2.09. The van der Waals surface area contributed by atoms with Crippen LogP contribution in [0.2, 0.25) is 0 Å². The Bertz CT molecular complexity index is 1910. The average molecular weight is 542 g/mol. The fourth-order valence-electron chi connectivity index (χ4n) is 5.70. The quantitative estimate of drug-likeness (QED) is 0.202. The molecule has 0 radical (unpaired) electrons. The Hall–Kier alpha value is -5.47. The first-order valence-electron chi connectivity index (χ1n) is 14.1. The summed E-state index contributed by atoms with van der Waals surface area (Å²) in [7, 11) is 0. The maximum Gasteiger partial charge on any atom is 0.123 e. The highest BCUT2D eigenvalue weighted by Gasteiger charge is 2.14. The van der Waals surface area contributed by atoms with Crippen LogP contribution in [0, 0.1) is 5.82 Å². The van der Waals surface area contributed by atoms with Crippen LogP contribution in [0.1, 0.15) is 0 Å². The second-order valence-electron chi connectivity index (χ2n) is 10.4. The first-order chi connectivity index (χ1) is 20.7. The molecule has 0 atom stereocenters. The van der Waals surface area contributed by atoms with Gasteiger partial charge in [0, 0.05) is 17.1 Å². The van der Waals surface area contributed by atoms with Gasteiger partial charge in [-0.1, -0.05) is 121 Å². The van der Waals surface area contributed by atoms with Gasteiger partial charge in [0.15, 0.2) is 0 Å². The normalized spacial score (nSPS) is 11.0. The molecule has 0 saturated carbocycles. The second kappa shape index (κ2) is 11.2. The van der Waals surface area contributed by atoms with Gasteiger partial charge < -0.3 is 4.90 Å². The summed E-state index contributed by atoms with van der Waals surface area (Å²) in [5, 5.41) is 1.94. The smallest absolute Gasteiger partial charge is 0.123 e. The van der Waals surface area contributed by atoms with Crippen molar-refractivity contribution in [3.63, 3.8) is 0 Å². The van der Waals surface area contributed by atoms with Crippen molar-refractivity contribution >= 4 is 27.8 Å². The molecule has 0 aromatic heterocycles. The summed E-state index contributed by atoms with van der Waals surface area (Å²) in [6.45, 7) is 0. The monoisotopic (exact) mass is 541 g/mol. The van der Waals surface area contributed by atoms with Crippen molar-refractivity contribution in [2.24, 2.45) is 0 Å². The Morgan fingerprint density at radius 2 is 0.881 bits per heavy atom. The van der Waals surface area contributed by atoms with Gasteiger partial charge in [-0.3, -0.25) is 0 Å². The summed E-state index contributed by atoms with van der Waals surface area (Å²) in [5.74, 6) is -0.222. The molecule has 0 aliphatic heterocycles. The first-order valence-corrected chi connectivity index (χ1v) is 14.1. The van der Waals surface area contributed by atoms with E-state index in [2.05, 4.69) is 120 Å². The van der Waals surface area contributed by atoms with Crippen molar-refractivity contribution in [3.05, 3.63) is 176 Å². The number of benzene rings is 7. The first kappa shape index (κ1) is 25.5. The molecule has 42 heavy (non-hydrogen) atoms. The molecular weight excluding hydrogens is 513 g/mol. The summed E-state index contributed by atoms with van der Waals surface area (Å²) < 4.78 is 14.0. The van der Waals surface area contributed by atoms with E-state index in [0.29, 0.717) is 0 Å². The molecule has 2 heteroatoms. The van der Waals surface area contributed by atoms with Crippen molar-refractivity contribution in [3.8, 4) is 33.4 Å². The Balaban J connectivity index is 1.24. The van der Waals surface area contributed by atoms with Crippen molar-refractivity contribution < 1.29 is 4.39 Å². The SMILES string of the molecule is Fc1ccc2c(-c3ccccc3)c(-c3ccc(-c4ccc(N(c5ccccc5)c5ccccc5)cc4)cc3)ccc2c1. The van der Waals surface area contributed by atoms with E-state index in [1.54, 1.807) is 12.1 Å². The minimum Gasteiger partial charge on any atom is -0.311 e. The second-order valence-corrected chi connectivity index (χ2v) is 10.4. The van der Waals surface area contributed by atoms with Crippen LogP contribution >= 0.6 is 0 Å². The highest BCUT2D eigenvalue weighted by molar-refractivity contribution is 6.04. The summed E-state index contributed by atoms with van der Waals surface area (Å²) in [5.41, 5.74) is 10.1. The molecule has 7 rings (SSSR count). The van der Waals surface area contributed by atoms with E-state index in [0.717, 1.165) is 61.2 Å². The number of hydrogen-bond acceptors (Lipinski definition) is 1. The van der Waals surface area contributed by atoms with Gasteiger partial charge in [0.2, 0.25) is 0 Å². The third kappa shape index (κ3) is 4.95. The molecular formula is C40H28FN. The van der Waals surface area contributed by atoms with E-state index in [-0.39, 0.29) is 5.82 Å². The third-order valence-corrected chi connectivity index (χ3v) is 7.73. The van der Waals surface area contributed by atoms with Crippen molar-refractivity contribution in [1.29, 1.82) is 0 Å². The van der Waals surface area contributed by atoms with Crippen molar-refractivity contribution in [1.82, 2.24) is 0 Å². The van der Waals surface area contributed by atoms with Gasteiger partial charge in [-0.05, 0) is 92.7 Å². The standard InChI is InChI=1S/C40H28FN/c41-34-23-27-39-33(28-34)22-26-38(40(39)32-10-4-1-5-11-32)31-18-16-29(17-19-31)30-20-24-37(25-21-30)42(35-12-6-2-7-13-35)36-14-8-3-9-15-36/h1-28H. The molecule has 0 unspecified atom stereocenters. The molecule has 0 aliphatic rings. The van der Waals surface area contributed by atoms with Gasteiger partial charge in [0.25, 0.3) is 0 Å². The highest BCUT2D eigenvalue weighted by Crippen LogP contribution is 2.39. The topological polar surface area (TPSA) is 3.24 Å². The van der Waals surface area contributed by atoms with E-state index in [9.17, 15) is 4.39 Å². The predicted octanol–water partition coefficient (Wildman–Crippen LogP) is 11.4. The lowest BCUT2D eigenvalue weighted by molar-refractivity contribution is 0.630. The van der Waals surface area contributed by atoms with Crippen molar-refractivity contribution in [2.75, 3.05) is 4.90 Å². The van der Waals surface area contributed by atoms with Crippen LogP contribution in [0.4, 0.5) is 21.5 Å². The van der Waals surface area contributed by atoms with E-state index in [4.69, 9.17) is 0 Å². The molecule has 7 aromatic rings. The summed E-state index contributed by atoms with van der Waals surface area (Å²) in [6.07, 6.45) is 0. The Morgan fingerprint density at radius 3 is 1.48 bits per heavy atom. The zero-order chi connectivity index (χ0) is 28.3. The largest absolute Gasteiger partial charge is 0.311 e. The van der Waals surface area contributed by atoms with E-state index < -0.39 is 0 Å². The molecule has 7 aromatic carbocycles. The van der Waals surface area contributed by atoms with Crippen molar-refractivity contribution in [2.45, 2.75) is 0 Å². The molecule has 0 bridgehead atoms. The summed E-state index contributed by atoms with van der Waals surface area (Å²) in [6, 6.07) is 57.8. The summed E-state index contributed by atoms with van der Waals surface area (Å²) >= 11 is 0. The number of nitrogens with zero attached hydrogens (tertiary/aromatic N) is 1. The Kier molecular flexibility index (Phi) is 6.79. The number of rotatable bonds is 6. The fourth-order valence-corrected chi connectivity index (χ4v) is 5.70. The van der Waals surface area contributed by atoms with Gasteiger partial charge >= 0.3 is 0 Å². The molecule has 0 saturated heterocycles. The summed E-state index contributed by atoms with van der Waals surface area (Å²) in [4.78, 5) is 2.27. The highest BCUT2D eigenvalue weighted by atomic mass is 19.1. The van der Waals surface area contributed by atoms with Crippen LogP contribution in [0.5, 0.6) is 0 Å². The van der Waals surface area contributed by atoms with E-state index in [1.807, 2.05) is 42.5 Å². The van der Waals surface area contributed by atoms with Gasteiger partial charge in [-0.25, -0.2) is 4.39 Å². The van der Waals surface area contributed by atoms with Crippen LogP contribution in [-0.2, 0) is 0 Å². The minimum atomic E-state index is -0.222. The third-order valence-electron chi connectivity index (χ3n) is 7.73. The Morgan fingerprint density at radius 1 is 0.381 bits per heavy atom. The lowest BCUT2D eigenvalue weighted by Gasteiger charge is -2.25. The van der Waals surface area contributed by atoms with Crippen LogP contribution in [-0.4, -0.2) is 0 Å². The van der Waals surface area contributed by atoms with Crippen LogP contribution in [0.3, 0.4) is 0 Å². The lowest BCUT2D eigenvalue weighted by atomic mass is 9.89. The molecule has 200 valence electrons. The molecule has 0 aliphatic carbocycles. The van der Waals surface area contributed by atoms with Crippen LogP contribution < -0.4 is 4.90 Å². The molecule has 0 N–H and O–H groups in total. The number of hydrogen-bond donors (Lipinski definition) is 0. The minimum absolute atomic E-state index is 0.222. The average Bonchev–Trinajstić information content (AvgIpc) is 3.06. The molecule has 0 heterocycles. The van der Waals surface area contributed by atoms with Crippen LogP contribution in [0.25, 0.3) is 44.2 Å². The van der Waals surface area contributed by atoms with Gasteiger partial charge in [0.1, 0.15) is 5.82 Å². The van der Waals surface area contributed by atoms with E-state index in [1.165, 1.54) is 0 Å². The number of para-hydroxylation sites is 2. The van der Waals surface area contributed by atoms with Gasteiger partial charge in [-0.2, -0.15) is 0 Å². The fraction of sp³-hybridized carbons (Fsp3) is 0. The molecule has 1 nitrogen and oxygen atoms in total. The maximum absolute atomic E-state index is 14.0. The maximum atomic E-state index is 14.0. The number of halogens is 1. The Labute approximate surface area is 245 Å². The zero-order valence-electron chi connectivity index (χ0n) is 23.0. The molecule has 0 spiro atoms.